The summed E-state index contributed by atoms with van der Waals surface area (Å²) in [5.74, 6) is 0.855. The summed E-state index contributed by atoms with van der Waals surface area (Å²) in [4.78, 5) is 4.92. The Morgan fingerprint density at radius 1 is 1.33 bits per heavy atom. The molecule has 1 aromatic rings. The number of methoxy groups -OCH3 is 1. The maximum Gasteiger partial charge on any atom is 0.124 e. The molecule has 0 bridgehead atoms. The first-order chi connectivity index (χ1) is 10.2. The van der Waals surface area contributed by atoms with Crippen LogP contribution in [0, 0.1) is 18.3 Å². The molecule has 1 unspecified atom stereocenters. The summed E-state index contributed by atoms with van der Waals surface area (Å²) in [5, 5.41) is 9.69. The van der Waals surface area contributed by atoms with Crippen LogP contribution in [-0.2, 0) is 0 Å². The van der Waals surface area contributed by atoms with Crippen LogP contribution in [0.4, 0.5) is 0 Å². The summed E-state index contributed by atoms with van der Waals surface area (Å²) < 4.78 is 5.26. The van der Waals surface area contributed by atoms with Gasteiger partial charge in [-0.05, 0) is 49.6 Å². The highest BCUT2D eigenvalue weighted by atomic mass is 16.5. The second-order valence-electron chi connectivity index (χ2n) is 6.08. The first-order valence-electron chi connectivity index (χ1n) is 7.75. The second kappa shape index (κ2) is 6.05. The predicted molar refractivity (Wildman–Crippen MR) is 82.3 cm³/mol. The van der Waals surface area contributed by atoms with E-state index in [9.17, 15) is 5.26 Å². The minimum atomic E-state index is -0.140. The van der Waals surface area contributed by atoms with Gasteiger partial charge in [-0.15, -0.1) is 0 Å². The third-order valence-electron chi connectivity index (χ3n) is 4.88. The van der Waals surface area contributed by atoms with Crippen molar-refractivity contribution in [3.05, 3.63) is 29.3 Å². The molecule has 112 valence electrons. The van der Waals surface area contributed by atoms with Gasteiger partial charge in [0.15, 0.2) is 0 Å². The molecule has 4 heteroatoms. The minimum Gasteiger partial charge on any atom is -0.497 e. The van der Waals surface area contributed by atoms with E-state index in [2.05, 4.69) is 22.8 Å². The van der Waals surface area contributed by atoms with E-state index in [0.717, 1.165) is 36.5 Å². The number of rotatable bonds is 3. The number of nitriles is 1. The molecule has 0 aromatic heterocycles. The molecule has 21 heavy (non-hydrogen) atoms. The van der Waals surface area contributed by atoms with Gasteiger partial charge in [0.25, 0.3) is 0 Å². The molecule has 1 aromatic carbocycles. The average Bonchev–Trinajstić information content (AvgIpc) is 2.97. The Morgan fingerprint density at radius 2 is 2.19 bits per heavy atom. The Labute approximate surface area is 126 Å². The minimum absolute atomic E-state index is 0.140. The highest BCUT2D eigenvalue weighted by Crippen LogP contribution is 2.30. The van der Waals surface area contributed by atoms with E-state index in [4.69, 9.17) is 4.74 Å². The number of ether oxygens (including phenoxy) is 1. The predicted octanol–water partition coefficient (Wildman–Crippen LogP) is 2.35. The molecule has 0 saturated carbocycles. The third kappa shape index (κ3) is 2.76. The van der Waals surface area contributed by atoms with E-state index in [1.165, 1.54) is 19.4 Å². The number of nitrogens with zero attached hydrogens (tertiary/aromatic N) is 3. The molecule has 3 rings (SSSR count). The Bertz CT molecular complexity index is 551. The summed E-state index contributed by atoms with van der Waals surface area (Å²) in [6, 6.07) is 9.04. The number of fused-ring (bicyclic) bond motifs is 1. The molecule has 0 radical (unpaired) electrons. The van der Waals surface area contributed by atoms with Gasteiger partial charge in [0.1, 0.15) is 11.8 Å². The van der Waals surface area contributed by atoms with Crippen molar-refractivity contribution in [3.8, 4) is 11.8 Å². The van der Waals surface area contributed by atoms with Crippen LogP contribution < -0.4 is 4.74 Å². The molecule has 2 atom stereocenters. The molecule has 2 saturated heterocycles. The smallest absolute Gasteiger partial charge is 0.124 e. The molecule has 2 heterocycles. The lowest BCUT2D eigenvalue weighted by atomic mass is 9.99. The zero-order valence-corrected chi connectivity index (χ0v) is 12.9. The number of hydrogen-bond acceptors (Lipinski definition) is 4. The van der Waals surface area contributed by atoms with Gasteiger partial charge >= 0.3 is 0 Å². The molecule has 0 spiro atoms. The fourth-order valence-corrected chi connectivity index (χ4v) is 3.68. The first-order valence-corrected chi connectivity index (χ1v) is 7.75. The monoisotopic (exact) mass is 285 g/mol. The van der Waals surface area contributed by atoms with Crippen LogP contribution >= 0.6 is 0 Å². The second-order valence-corrected chi connectivity index (χ2v) is 6.08. The van der Waals surface area contributed by atoms with Gasteiger partial charge < -0.3 is 4.74 Å². The maximum atomic E-state index is 9.69. The van der Waals surface area contributed by atoms with E-state index in [0.29, 0.717) is 6.04 Å². The number of aryl methyl sites for hydroxylation is 1. The molecule has 2 aliphatic heterocycles. The molecular formula is C17H23N3O. The lowest BCUT2D eigenvalue weighted by molar-refractivity contribution is 0.0874. The number of hydrogen-bond donors (Lipinski definition) is 0. The highest BCUT2D eigenvalue weighted by molar-refractivity contribution is 5.38. The van der Waals surface area contributed by atoms with Gasteiger partial charge in [-0.3, -0.25) is 9.80 Å². The van der Waals surface area contributed by atoms with Crippen LogP contribution in [0.3, 0.4) is 0 Å². The van der Waals surface area contributed by atoms with Gasteiger partial charge in [0.05, 0.1) is 13.2 Å². The molecular weight excluding hydrogens is 262 g/mol. The van der Waals surface area contributed by atoms with Crippen molar-refractivity contribution in [1.82, 2.24) is 9.80 Å². The van der Waals surface area contributed by atoms with Crippen LogP contribution in [0.15, 0.2) is 18.2 Å². The third-order valence-corrected chi connectivity index (χ3v) is 4.88. The highest BCUT2D eigenvalue weighted by Gasteiger charge is 2.34. The van der Waals surface area contributed by atoms with Crippen LogP contribution in [0.1, 0.15) is 30.0 Å². The van der Waals surface area contributed by atoms with E-state index in [1.54, 1.807) is 7.11 Å². The summed E-state index contributed by atoms with van der Waals surface area (Å²) >= 11 is 0. The van der Waals surface area contributed by atoms with Gasteiger partial charge in [0.2, 0.25) is 0 Å². The lowest BCUT2D eigenvalue weighted by Crippen LogP contribution is -2.50. The molecule has 0 amide bonds. The topological polar surface area (TPSA) is 39.5 Å². The summed E-state index contributed by atoms with van der Waals surface area (Å²) in [6.45, 7) is 6.40. The van der Waals surface area contributed by atoms with Crippen molar-refractivity contribution >= 4 is 0 Å². The zero-order chi connectivity index (χ0) is 14.8. The van der Waals surface area contributed by atoms with Crippen molar-refractivity contribution < 1.29 is 4.74 Å². The Kier molecular flexibility index (Phi) is 4.14. The largest absolute Gasteiger partial charge is 0.497 e. The fraction of sp³-hybridized carbons (Fsp3) is 0.588. The van der Waals surface area contributed by atoms with Crippen LogP contribution in [0.2, 0.25) is 0 Å². The quantitative estimate of drug-likeness (QED) is 0.854. The standard InChI is InChI=1S/C17H23N3O/c1-13-10-15(21-2)5-6-16(13)17(11-18)20-9-8-19-7-3-4-14(19)12-20/h5-6,10,14,17H,3-4,7-9,12H2,1-2H3/t14-,17?/m1/s1. The normalized spacial score (nSPS) is 24.3. The Morgan fingerprint density at radius 3 is 2.90 bits per heavy atom. The lowest BCUT2D eigenvalue weighted by Gasteiger charge is -2.39. The first kappa shape index (κ1) is 14.4. The van der Waals surface area contributed by atoms with Gasteiger partial charge in [0, 0.05) is 25.7 Å². The molecule has 2 aliphatic rings. The Hall–Kier alpha value is -1.57. The maximum absolute atomic E-state index is 9.69. The molecule has 0 N–H and O–H groups in total. The van der Waals surface area contributed by atoms with Gasteiger partial charge in [-0.1, -0.05) is 6.07 Å². The van der Waals surface area contributed by atoms with E-state index >= 15 is 0 Å². The van der Waals surface area contributed by atoms with E-state index in [-0.39, 0.29) is 6.04 Å². The SMILES string of the molecule is COc1ccc(C(C#N)N2CCN3CCC[C@@H]3C2)c(C)c1. The average molecular weight is 285 g/mol. The van der Waals surface area contributed by atoms with Gasteiger partial charge in [-0.25, -0.2) is 0 Å². The molecule has 2 fully saturated rings. The number of benzene rings is 1. The van der Waals surface area contributed by atoms with Crippen LogP contribution in [-0.4, -0.2) is 49.1 Å². The van der Waals surface area contributed by atoms with Crippen LogP contribution in [0.5, 0.6) is 5.75 Å². The van der Waals surface area contributed by atoms with Crippen molar-refractivity contribution in [2.24, 2.45) is 0 Å². The van der Waals surface area contributed by atoms with Crippen molar-refractivity contribution in [1.29, 1.82) is 5.26 Å². The van der Waals surface area contributed by atoms with E-state index in [1.807, 2.05) is 18.2 Å². The van der Waals surface area contributed by atoms with Crippen LogP contribution in [0.25, 0.3) is 0 Å². The molecule has 0 aliphatic carbocycles. The molecule has 4 nitrogen and oxygen atoms in total. The summed E-state index contributed by atoms with van der Waals surface area (Å²) in [5.41, 5.74) is 2.25. The van der Waals surface area contributed by atoms with Crippen molar-refractivity contribution in [3.63, 3.8) is 0 Å². The summed E-state index contributed by atoms with van der Waals surface area (Å²) in [6.07, 6.45) is 2.58. The Balaban J connectivity index is 1.80. The van der Waals surface area contributed by atoms with Crippen molar-refractivity contribution in [2.75, 3.05) is 33.3 Å². The zero-order valence-electron chi connectivity index (χ0n) is 12.9. The van der Waals surface area contributed by atoms with Crippen molar-refractivity contribution in [2.45, 2.75) is 31.8 Å². The number of piperazine rings is 1. The van der Waals surface area contributed by atoms with E-state index < -0.39 is 0 Å². The summed E-state index contributed by atoms with van der Waals surface area (Å²) in [7, 11) is 1.68. The van der Waals surface area contributed by atoms with Gasteiger partial charge in [-0.2, -0.15) is 5.26 Å². The fourth-order valence-electron chi connectivity index (χ4n) is 3.68.